The molecule has 40 heavy (non-hydrogen) atoms. The highest BCUT2D eigenvalue weighted by Crippen LogP contribution is 2.48. The number of nitrogens with two attached hydrogens (primary N) is 1. The van der Waals surface area contributed by atoms with Crippen molar-refractivity contribution in [3.63, 3.8) is 0 Å². The fourth-order valence-corrected chi connectivity index (χ4v) is 6.55. The maximum Gasteiger partial charge on any atom is 0.323 e. The van der Waals surface area contributed by atoms with Crippen LogP contribution >= 0.6 is 6.64 Å². The zero-order valence-corrected chi connectivity index (χ0v) is 24.4. The molecular formula is C24H33FN7O6PS. The third-order valence-electron chi connectivity index (χ3n) is 6.08. The first-order chi connectivity index (χ1) is 18.8. The number of aromatic nitrogens is 4. The summed E-state index contributed by atoms with van der Waals surface area (Å²) < 4.78 is 40.5. The Labute approximate surface area is 235 Å². The second kappa shape index (κ2) is 11.9. The molecule has 1 saturated heterocycles. The number of carbonyl (C=O) groups is 1. The molecule has 4 rings (SSSR count). The molecule has 13 nitrogen and oxygen atoms in total. The molecule has 0 spiro atoms. The van der Waals surface area contributed by atoms with Crippen LogP contribution in [0.3, 0.4) is 0 Å². The van der Waals surface area contributed by atoms with Gasteiger partial charge in [-0.15, -0.1) is 0 Å². The molecule has 0 saturated carbocycles. The Balaban J connectivity index is 1.56. The molecule has 5 N–H and O–H groups in total. The van der Waals surface area contributed by atoms with Gasteiger partial charge >= 0.3 is 12.6 Å². The normalized spacial score (nSPS) is 25.1. The average molecular weight is 598 g/mol. The van der Waals surface area contributed by atoms with Crippen molar-refractivity contribution in [1.82, 2.24) is 24.6 Å². The molecule has 16 heteroatoms. The summed E-state index contributed by atoms with van der Waals surface area (Å²) in [7, 11) is 1.64. The Kier molecular flexibility index (Phi) is 8.93. The van der Waals surface area contributed by atoms with Gasteiger partial charge in [0.25, 0.3) is 0 Å². The van der Waals surface area contributed by atoms with Crippen molar-refractivity contribution in [2.75, 3.05) is 24.7 Å². The molecule has 218 valence electrons. The third kappa shape index (κ3) is 6.35. The fourth-order valence-electron chi connectivity index (χ4n) is 4.14. The first kappa shape index (κ1) is 30.0. The molecule has 0 radical (unpaired) electrons. The van der Waals surface area contributed by atoms with Crippen LogP contribution in [0, 0.1) is 0 Å². The lowest BCUT2D eigenvalue weighted by atomic mass is 9.98. The predicted octanol–water partition coefficient (Wildman–Crippen LogP) is 2.69. The summed E-state index contributed by atoms with van der Waals surface area (Å²) in [5, 5.41) is 16.7. The number of anilines is 2. The number of ether oxygens (including phenoxy) is 2. The van der Waals surface area contributed by atoms with E-state index in [1.807, 2.05) is 0 Å². The molecule has 2 aromatic heterocycles. The Morgan fingerprint density at radius 3 is 2.67 bits per heavy atom. The second-order valence-electron chi connectivity index (χ2n) is 9.66. The number of aliphatic hydroxyl groups excluding tert-OH is 1. The summed E-state index contributed by atoms with van der Waals surface area (Å²) in [5.74, 6) is 0.154. The van der Waals surface area contributed by atoms with Gasteiger partial charge in [-0.3, -0.25) is 9.36 Å². The summed E-state index contributed by atoms with van der Waals surface area (Å²) in [4.78, 5) is 25.0. The fraction of sp³-hybridized carbons (Fsp3) is 0.500. The third-order valence-corrected chi connectivity index (χ3v) is 8.58. The smallest absolute Gasteiger partial charge is 0.323 e. The van der Waals surface area contributed by atoms with E-state index in [1.54, 1.807) is 58.2 Å². The Bertz CT molecular complexity index is 1390. The molecule has 1 aliphatic rings. The van der Waals surface area contributed by atoms with E-state index in [2.05, 4.69) is 25.4 Å². The number of fused-ring (bicyclic) bond motifs is 1. The summed E-state index contributed by atoms with van der Waals surface area (Å²) in [6.45, 7) is 2.42. The number of halogens is 1. The number of aliphatic hydroxyl groups is 1. The van der Waals surface area contributed by atoms with Crippen LogP contribution in [0.2, 0.25) is 0 Å². The topological polar surface area (TPSA) is 168 Å². The second-order valence-corrected chi connectivity index (χ2v) is 12.8. The lowest BCUT2D eigenvalue weighted by Crippen LogP contribution is -2.41. The Hall–Kier alpha value is -2.94. The predicted molar refractivity (Wildman–Crippen MR) is 150 cm³/mol. The van der Waals surface area contributed by atoms with Crippen molar-refractivity contribution in [3.8, 4) is 5.75 Å². The first-order valence-electron chi connectivity index (χ1n) is 12.5. The maximum absolute atomic E-state index is 16.0. The molecule has 1 aliphatic heterocycles. The van der Waals surface area contributed by atoms with Gasteiger partial charge in [0.05, 0.1) is 19.0 Å². The number of nitrogens with one attached hydrogen (secondary N) is 2. The van der Waals surface area contributed by atoms with E-state index in [1.165, 1.54) is 17.8 Å². The van der Waals surface area contributed by atoms with Gasteiger partial charge in [0.15, 0.2) is 28.9 Å². The van der Waals surface area contributed by atoms with Crippen LogP contribution in [0.5, 0.6) is 5.75 Å². The van der Waals surface area contributed by atoms with Gasteiger partial charge in [-0.1, -0.05) is 18.2 Å². The number of esters is 1. The number of nitrogens with zero attached hydrogens (tertiary/aromatic N) is 4. The SMILES string of the molecule is CNc1nc(N)nc2c1ncn2[C@@H]1O[C@H](CO[P@](=S)(N[C@H](C)C(=O)OC(C)C)Oc2ccccc2)[C@@H](O)[C@@]1(C)F. The molecule has 1 aromatic carbocycles. The van der Waals surface area contributed by atoms with Crippen molar-refractivity contribution >= 4 is 47.3 Å². The van der Waals surface area contributed by atoms with Gasteiger partial charge < -0.3 is 34.7 Å². The highest BCUT2D eigenvalue weighted by atomic mass is 32.5. The monoisotopic (exact) mass is 597 g/mol. The lowest BCUT2D eigenvalue weighted by molar-refractivity contribution is -0.149. The number of para-hydroxylation sites is 1. The van der Waals surface area contributed by atoms with Gasteiger partial charge in [0.1, 0.15) is 24.0 Å². The molecule has 3 aromatic rings. The minimum absolute atomic E-state index is 0.0486. The largest absolute Gasteiger partial charge is 0.462 e. The summed E-state index contributed by atoms with van der Waals surface area (Å²) in [6.07, 6.45) is -3.12. The van der Waals surface area contributed by atoms with Gasteiger partial charge in [0.2, 0.25) is 5.95 Å². The van der Waals surface area contributed by atoms with Crippen LogP contribution in [0.25, 0.3) is 11.2 Å². The van der Waals surface area contributed by atoms with Crippen molar-refractivity contribution in [2.24, 2.45) is 0 Å². The number of imidazole rings is 1. The number of hydrogen-bond donors (Lipinski definition) is 4. The van der Waals surface area contributed by atoms with Crippen molar-refractivity contribution in [2.45, 2.75) is 63.9 Å². The minimum atomic E-state index is -3.45. The van der Waals surface area contributed by atoms with Crippen LogP contribution < -0.4 is 20.7 Å². The van der Waals surface area contributed by atoms with E-state index in [-0.39, 0.29) is 24.3 Å². The van der Waals surface area contributed by atoms with Crippen LogP contribution in [0.1, 0.15) is 33.9 Å². The first-order valence-corrected chi connectivity index (χ1v) is 15.2. The van der Waals surface area contributed by atoms with Gasteiger partial charge in [0, 0.05) is 7.05 Å². The Morgan fingerprint density at radius 2 is 2.02 bits per heavy atom. The molecule has 0 aliphatic carbocycles. The van der Waals surface area contributed by atoms with Gasteiger partial charge in [-0.25, -0.2) is 14.5 Å². The van der Waals surface area contributed by atoms with Crippen molar-refractivity contribution in [1.29, 1.82) is 0 Å². The molecule has 0 unspecified atom stereocenters. The van der Waals surface area contributed by atoms with Crippen LogP contribution in [0.4, 0.5) is 16.2 Å². The molecule has 0 amide bonds. The van der Waals surface area contributed by atoms with Crippen LogP contribution in [0.15, 0.2) is 36.7 Å². The number of nitrogen functional groups attached to an aromatic ring is 1. The van der Waals surface area contributed by atoms with Gasteiger partial charge in [-0.05, 0) is 51.6 Å². The zero-order chi connectivity index (χ0) is 29.2. The molecule has 1 fully saturated rings. The molecule has 6 atom stereocenters. The van der Waals surface area contributed by atoms with Gasteiger partial charge in [-0.2, -0.15) is 9.97 Å². The van der Waals surface area contributed by atoms with E-state index in [0.717, 1.165) is 0 Å². The summed E-state index contributed by atoms with van der Waals surface area (Å²) in [5.41, 5.74) is 4.11. The standard InChI is InChI=1S/C24H33FN7O6PS/c1-13(2)36-21(34)14(3)31-39(40,38-15-9-7-6-8-10-15)35-11-16-18(33)24(4,25)22(37-16)32-12-28-17-19(27-5)29-23(26)30-20(17)32/h6-10,12-14,16,18,22,33H,11H2,1-5H3,(H,31,40)(H3,26,27,29,30)/t14-,16-,18-,22-,24-,39-/m1/s1. The summed E-state index contributed by atoms with van der Waals surface area (Å²) >= 11 is 5.70. The number of rotatable bonds is 11. The average Bonchev–Trinajstić information content (AvgIpc) is 3.40. The summed E-state index contributed by atoms with van der Waals surface area (Å²) in [6, 6.07) is 7.77. The highest BCUT2D eigenvalue weighted by molar-refractivity contribution is 8.09. The van der Waals surface area contributed by atoms with Crippen molar-refractivity contribution < 1.29 is 32.8 Å². The Morgan fingerprint density at radius 1 is 1.32 bits per heavy atom. The van der Waals surface area contributed by atoms with E-state index in [0.29, 0.717) is 17.1 Å². The van der Waals surface area contributed by atoms with E-state index < -0.39 is 42.8 Å². The van der Waals surface area contributed by atoms with E-state index in [4.69, 9.17) is 36.1 Å². The zero-order valence-electron chi connectivity index (χ0n) is 22.6. The van der Waals surface area contributed by atoms with Crippen LogP contribution in [-0.4, -0.2) is 74.3 Å². The number of benzene rings is 1. The van der Waals surface area contributed by atoms with E-state index in [9.17, 15) is 9.90 Å². The number of carbonyl (C=O) groups excluding carboxylic acids is 1. The number of hydrogen-bond acceptors (Lipinski definition) is 12. The number of alkyl halides is 1. The minimum Gasteiger partial charge on any atom is -0.462 e. The highest BCUT2D eigenvalue weighted by Gasteiger charge is 2.56. The maximum atomic E-state index is 16.0. The molecule has 3 heterocycles. The molecule has 0 bridgehead atoms. The van der Waals surface area contributed by atoms with Crippen molar-refractivity contribution in [3.05, 3.63) is 36.7 Å². The van der Waals surface area contributed by atoms with Crippen LogP contribution in [-0.2, 0) is 30.6 Å². The quantitative estimate of drug-likeness (QED) is 0.188. The van der Waals surface area contributed by atoms with E-state index >= 15 is 4.39 Å². The molecular weight excluding hydrogens is 564 g/mol. The lowest BCUT2D eigenvalue weighted by Gasteiger charge is -2.28.